The summed E-state index contributed by atoms with van der Waals surface area (Å²) in [5, 5.41) is 14.9. The average molecular weight is 718 g/mol. The van der Waals surface area contributed by atoms with Gasteiger partial charge in [0.25, 0.3) is 5.91 Å². The van der Waals surface area contributed by atoms with Gasteiger partial charge in [-0.1, -0.05) is 42.5 Å². The van der Waals surface area contributed by atoms with E-state index in [-0.39, 0.29) is 35.8 Å². The van der Waals surface area contributed by atoms with Gasteiger partial charge in [0.1, 0.15) is 5.75 Å². The van der Waals surface area contributed by atoms with Crippen molar-refractivity contribution in [3.63, 3.8) is 0 Å². The molecule has 52 heavy (non-hydrogen) atoms. The van der Waals surface area contributed by atoms with E-state index >= 15 is 0 Å². The third-order valence-corrected chi connectivity index (χ3v) is 10.6. The highest BCUT2D eigenvalue weighted by Crippen LogP contribution is 2.27. The molecule has 1 atom stereocenters. The van der Waals surface area contributed by atoms with Gasteiger partial charge in [0.15, 0.2) is 11.9 Å². The summed E-state index contributed by atoms with van der Waals surface area (Å²) in [6, 6.07) is 13.3. The molecule has 0 unspecified atom stereocenters. The first-order valence-electron chi connectivity index (χ1n) is 18.5. The number of esters is 1. The number of phenolic OH excluding ortho intramolecular Hbond substituents is 1. The SMILES string of the molecule is CCOC(=O)CN1CCN(C2CCN(C(=O)[C@@H](Cc3cc(C)c(O)c(C)c3)OC(=O)N3CCC(n4nc(-c5ccccc5)[nH]c4=O)CC3)CC2)CC1. The van der Waals surface area contributed by atoms with Crippen LogP contribution < -0.4 is 5.69 Å². The number of nitrogens with one attached hydrogen (secondary N) is 1. The zero-order chi connectivity index (χ0) is 36.8. The molecule has 1 aromatic heterocycles. The highest BCUT2D eigenvalue weighted by atomic mass is 16.6. The van der Waals surface area contributed by atoms with Gasteiger partial charge in [-0.05, 0) is 63.1 Å². The van der Waals surface area contributed by atoms with Crippen molar-refractivity contribution in [2.75, 3.05) is 65.5 Å². The molecular weight excluding hydrogens is 666 g/mol. The van der Waals surface area contributed by atoms with Crippen LogP contribution in [-0.4, -0.2) is 135 Å². The Morgan fingerprint density at radius 1 is 0.885 bits per heavy atom. The first kappa shape index (κ1) is 37.1. The van der Waals surface area contributed by atoms with E-state index < -0.39 is 12.2 Å². The number of aromatic hydroxyl groups is 1. The van der Waals surface area contributed by atoms with E-state index in [2.05, 4.69) is 19.9 Å². The molecular formula is C38H51N7O7. The Morgan fingerprint density at radius 3 is 2.13 bits per heavy atom. The van der Waals surface area contributed by atoms with Crippen LogP contribution in [0.4, 0.5) is 4.79 Å². The van der Waals surface area contributed by atoms with Gasteiger partial charge in [-0.25, -0.2) is 14.3 Å². The van der Waals surface area contributed by atoms with Crippen LogP contribution in [0.15, 0.2) is 47.3 Å². The number of likely N-dealkylation sites (tertiary alicyclic amines) is 2. The van der Waals surface area contributed by atoms with E-state index in [0.717, 1.165) is 50.1 Å². The quantitative estimate of drug-likeness (QED) is 0.299. The van der Waals surface area contributed by atoms with Crippen LogP contribution in [0.3, 0.4) is 0 Å². The molecule has 280 valence electrons. The number of phenols is 1. The molecule has 2 aromatic carbocycles. The molecule has 3 aromatic rings. The molecule has 0 spiro atoms. The summed E-state index contributed by atoms with van der Waals surface area (Å²) >= 11 is 0. The number of ether oxygens (including phenoxy) is 2. The minimum atomic E-state index is -1.03. The molecule has 14 nitrogen and oxygen atoms in total. The number of amides is 2. The number of carbonyl (C=O) groups is 3. The molecule has 3 saturated heterocycles. The number of aromatic amines is 1. The summed E-state index contributed by atoms with van der Waals surface area (Å²) in [6.07, 6.45) is 1.27. The Balaban J connectivity index is 1.06. The van der Waals surface area contributed by atoms with Crippen LogP contribution in [-0.2, 0) is 25.5 Å². The van der Waals surface area contributed by atoms with Crippen molar-refractivity contribution >= 4 is 18.0 Å². The summed E-state index contributed by atoms with van der Waals surface area (Å²) in [5.74, 6) is 0.304. The molecule has 4 heterocycles. The van der Waals surface area contributed by atoms with E-state index in [1.807, 2.05) is 68.1 Å². The second kappa shape index (κ2) is 16.8. The molecule has 3 aliphatic rings. The first-order valence-corrected chi connectivity index (χ1v) is 18.5. The molecule has 3 fully saturated rings. The number of hydrogen-bond donors (Lipinski definition) is 2. The fourth-order valence-corrected chi connectivity index (χ4v) is 7.69. The number of hydrogen-bond acceptors (Lipinski definition) is 10. The van der Waals surface area contributed by atoms with Gasteiger partial charge >= 0.3 is 17.8 Å². The zero-order valence-corrected chi connectivity index (χ0v) is 30.5. The summed E-state index contributed by atoms with van der Waals surface area (Å²) < 4.78 is 12.6. The van der Waals surface area contributed by atoms with Crippen molar-refractivity contribution in [2.45, 2.75) is 71.1 Å². The smallest absolute Gasteiger partial charge is 0.410 e. The van der Waals surface area contributed by atoms with Crippen LogP contribution in [0, 0.1) is 13.8 Å². The number of benzene rings is 2. The van der Waals surface area contributed by atoms with Crippen LogP contribution in [0.25, 0.3) is 11.4 Å². The zero-order valence-electron chi connectivity index (χ0n) is 30.5. The lowest BCUT2D eigenvalue weighted by atomic mass is 9.98. The molecule has 0 bridgehead atoms. The van der Waals surface area contributed by atoms with E-state index in [1.54, 1.807) is 4.90 Å². The van der Waals surface area contributed by atoms with Gasteiger partial charge in [0.05, 0.1) is 19.2 Å². The van der Waals surface area contributed by atoms with Crippen molar-refractivity contribution in [3.05, 3.63) is 69.6 Å². The van der Waals surface area contributed by atoms with E-state index in [1.165, 1.54) is 4.68 Å². The molecule has 0 saturated carbocycles. The Hall–Kier alpha value is -4.69. The minimum Gasteiger partial charge on any atom is -0.507 e. The number of aryl methyl sites for hydroxylation is 2. The highest BCUT2D eigenvalue weighted by molar-refractivity contribution is 5.84. The number of aromatic nitrogens is 3. The lowest BCUT2D eigenvalue weighted by Crippen LogP contribution is -2.55. The number of carbonyl (C=O) groups excluding carboxylic acids is 3. The average Bonchev–Trinajstić information content (AvgIpc) is 3.55. The fourth-order valence-electron chi connectivity index (χ4n) is 7.69. The topological polar surface area (TPSA) is 154 Å². The number of H-pyrrole nitrogens is 1. The fraction of sp³-hybridized carbons (Fsp3) is 0.553. The van der Waals surface area contributed by atoms with Gasteiger partial charge < -0.3 is 24.4 Å². The van der Waals surface area contributed by atoms with Gasteiger partial charge in [-0.2, -0.15) is 0 Å². The van der Waals surface area contributed by atoms with Gasteiger partial charge in [-0.15, -0.1) is 5.10 Å². The van der Waals surface area contributed by atoms with Crippen molar-refractivity contribution in [1.29, 1.82) is 0 Å². The van der Waals surface area contributed by atoms with Gasteiger partial charge in [-0.3, -0.25) is 24.4 Å². The van der Waals surface area contributed by atoms with Crippen LogP contribution in [0.2, 0.25) is 0 Å². The summed E-state index contributed by atoms with van der Waals surface area (Å²) in [5.41, 5.74) is 2.73. The highest BCUT2D eigenvalue weighted by Gasteiger charge is 2.36. The number of nitrogens with zero attached hydrogens (tertiary/aromatic N) is 6. The molecule has 2 N–H and O–H groups in total. The second-order valence-corrected chi connectivity index (χ2v) is 14.1. The maximum Gasteiger partial charge on any atom is 0.410 e. The van der Waals surface area contributed by atoms with Crippen LogP contribution >= 0.6 is 0 Å². The van der Waals surface area contributed by atoms with E-state index in [4.69, 9.17) is 9.47 Å². The number of piperidine rings is 2. The maximum atomic E-state index is 14.1. The number of piperazine rings is 1. The summed E-state index contributed by atoms with van der Waals surface area (Å²) in [6.45, 7) is 11.3. The number of rotatable bonds is 10. The molecule has 3 aliphatic heterocycles. The Morgan fingerprint density at radius 2 is 1.50 bits per heavy atom. The maximum absolute atomic E-state index is 14.1. The van der Waals surface area contributed by atoms with Crippen molar-refractivity contribution in [3.8, 4) is 17.1 Å². The lowest BCUT2D eigenvalue weighted by Gasteiger charge is -2.43. The van der Waals surface area contributed by atoms with Gasteiger partial charge in [0, 0.05) is 70.4 Å². The third kappa shape index (κ3) is 8.84. The van der Waals surface area contributed by atoms with Crippen molar-refractivity contribution < 1.29 is 29.0 Å². The standard InChI is InChI=1S/C38H51N7O7/c1-4-51-33(46)25-41-18-20-42(21-19-41)30-10-14-43(15-11-30)36(48)32(24-28-22-26(2)34(47)27(3)23-28)52-38(50)44-16-12-31(13-17-44)45-37(49)39-35(40-45)29-8-6-5-7-9-29/h5-9,22-23,30-32,47H,4,10-21,24-25H2,1-3H3,(H,39,40,49)/t32-/m1/s1. The van der Waals surface area contributed by atoms with Crippen LogP contribution in [0.5, 0.6) is 5.75 Å². The molecule has 0 aliphatic carbocycles. The minimum absolute atomic E-state index is 0.174. The molecule has 14 heteroatoms. The molecule has 0 radical (unpaired) electrons. The van der Waals surface area contributed by atoms with E-state index in [9.17, 15) is 24.3 Å². The van der Waals surface area contributed by atoms with E-state index in [0.29, 0.717) is 75.2 Å². The second-order valence-electron chi connectivity index (χ2n) is 14.1. The summed E-state index contributed by atoms with van der Waals surface area (Å²) in [4.78, 5) is 63.3. The van der Waals surface area contributed by atoms with Gasteiger partial charge in [0.2, 0.25) is 0 Å². The van der Waals surface area contributed by atoms with Crippen molar-refractivity contribution in [2.24, 2.45) is 0 Å². The molecule has 6 rings (SSSR count). The third-order valence-electron chi connectivity index (χ3n) is 10.6. The Labute approximate surface area is 304 Å². The Bertz CT molecular complexity index is 1730. The monoisotopic (exact) mass is 717 g/mol. The largest absolute Gasteiger partial charge is 0.507 e. The predicted octanol–water partition coefficient (Wildman–Crippen LogP) is 3.12. The predicted molar refractivity (Wildman–Crippen MR) is 194 cm³/mol. The molecule has 2 amide bonds. The Kier molecular flexibility index (Phi) is 12.0. The lowest BCUT2D eigenvalue weighted by molar-refractivity contribution is -0.145. The summed E-state index contributed by atoms with van der Waals surface area (Å²) in [7, 11) is 0. The normalized spacial score (nSPS) is 18.7. The first-order chi connectivity index (χ1) is 25.1. The van der Waals surface area contributed by atoms with Crippen LogP contribution in [0.1, 0.15) is 55.3 Å². The van der Waals surface area contributed by atoms with Crippen molar-refractivity contribution in [1.82, 2.24) is 34.4 Å².